The van der Waals surface area contributed by atoms with Crippen molar-refractivity contribution in [2.24, 2.45) is 11.8 Å². The van der Waals surface area contributed by atoms with Gasteiger partial charge in [0.1, 0.15) is 0 Å². The van der Waals surface area contributed by atoms with E-state index in [-0.39, 0.29) is 5.75 Å². The van der Waals surface area contributed by atoms with Gasteiger partial charge in [0.15, 0.2) is 11.5 Å². The summed E-state index contributed by atoms with van der Waals surface area (Å²) in [5.74, 6) is 2.04. The van der Waals surface area contributed by atoms with Crippen LogP contribution in [0.1, 0.15) is 33.3 Å². The van der Waals surface area contributed by atoms with Gasteiger partial charge in [-0.1, -0.05) is 33.8 Å². The molecule has 19 heavy (non-hydrogen) atoms. The van der Waals surface area contributed by atoms with E-state index in [4.69, 9.17) is 4.74 Å². The van der Waals surface area contributed by atoms with E-state index in [2.05, 4.69) is 32.6 Å². The van der Waals surface area contributed by atoms with Crippen LogP contribution in [0.3, 0.4) is 0 Å². The number of benzene rings is 1. The van der Waals surface area contributed by atoms with Crippen LogP contribution in [0.25, 0.3) is 0 Å². The van der Waals surface area contributed by atoms with Crippen LogP contribution in [0.15, 0.2) is 18.2 Å². The maximum absolute atomic E-state index is 9.82. The van der Waals surface area contributed by atoms with Crippen molar-refractivity contribution in [2.75, 3.05) is 20.2 Å². The molecule has 0 unspecified atom stereocenters. The summed E-state index contributed by atoms with van der Waals surface area (Å²) >= 11 is 0. The van der Waals surface area contributed by atoms with Crippen LogP contribution in [-0.2, 0) is 6.54 Å². The summed E-state index contributed by atoms with van der Waals surface area (Å²) in [6.07, 6.45) is 0. The predicted molar refractivity (Wildman–Crippen MR) is 79.6 cm³/mol. The molecule has 3 nitrogen and oxygen atoms in total. The van der Waals surface area contributed by atoms with Crippen LogP contribution in [0.2, 0.25) is 0 Å². The first-order chi connectivity index (χ1) is 8.92. The molecule has 0 atom stereocenters. The van der Waals surface area contributed by atoms with Crippen LogP contribution in [-0.4, -0.2) is 30.2 Å². The molecular formula is C16H27NO2. The normalized spacial score (nSPS) is 11.6. The Hall–Kier alpha value is -1.22. The Labute approximate surface area is 117 Å². The van der Waals surface area contributed by atoms with Gasteiger partial charge in [0.05, 0.1) is 7.11 Å². The Balaban J connectivity index is 2.74. The fraction of sp³-hybridized carbons (Fsp3) is 0.625. The Morgan fingerprint density at radius 1 is 1.11 bits per heavy atom. The average molecular weight is 265 g/mol. The molecule has 0 aromatic heterocycles. The third-order valence-electron chi connectivity index (χ3n) is 2.90. The highest BCUT2D eigenvalue weighted by molar-refractivity contribution is 5.41. The third kappa shape index (κ3) is 5.52. The van der Waals surface area contributed by atoms with E-state index in [0.29, 0.717) is 17.6 Å². The van der Waals surface area contributed by atoms with Gasteiger partial charge in [0.25, 0.3) is 0 Å². The van der Waals surface area contributed by atoms with Gasteiger partial charge in [-0.25, -0.2) is 0 Å². The predicted octanol–water partition coefficient (Wildman–Crippen LogP) is 3.51. The SMILES string of the molecule is COc1ccc(CN(CC(C)C)CC(C)C)cc1O. The maximum Gasteiger partial charge on any atom is 0.160 e. The minimum Gasteiger partial charge on any atom is -0.504 e. The maximum atomic E-state index is 9.82. The Bertz CT molecular complexity index is 378. The standard InChI is InChI=1S/C16H27NO2/c1-12(2)9-17(10-13(3)4)11-14-6-7-16(19-5)15(18)8-14/h6-8,12-13,18H,9-11H2,1-5H3. The number of aromatic hydroxyl groups is 1. The molecule has 0 radical (unpaired) electrons. The largest absolute Gasteiger partial charge is 0.504 e. The molecule has 0 amide bonds. The lowest BCUT2D eigenvalue weighted by Gasteiger charge is -2.26. The molecule has 3 heteroatoms. The number of methoxy groups -OCH3 is 1. The molecule has 0 bridgehead atoms. The quantitative estimate of drug-likeness (QED) is 0.819. The van der Waals surface area contributed by atoms with Crippen molar-refractivity contribution in [3.8, 4) is 11.5 Å². The highest BCUT2D eigenvalue weighted by Crippen LogP contribution is 2.27. The van der Waals surface area contributed by atoms with Crippen LogP contribution in [0.5, 0.6) is 11.5 Å². The van der Waals surface area contributed by atoms with E-state index >= 15 is 0 Å². The zero-order valence-corrected chi connectivity index (χ0v) is 12.8. The number of phenols is 1. The zero-order chi connectivity index (χ0) is 14.4. The molecule has 0 heterocycles. The van der Waals surface area contributed by atoms with Gasteiger partial charge in [-0.15, -0.1) is 0 Å². The second-order valence-electron chi connectivity index (χ2n) is 5.99. The number of nitrogens with zero attached hydrogens (tertiary/aromatic N) is 1. The molecule has 108 valence electrons. The van der Waals surface area contributed by atoms with E-state index in [1.165, 1.54) is 0 Å². The van der Waals surface area contributed by atoms with Crippen LogP contribution in [0, 0.1) is 11.8 Å². The summed E-state index contributed by atoms with van der Waals surface area (Å²) in [6, 6.07) is 5.65. The first-order valence-electron chi connectivity index (χ1n) is 7.00. The second-order valence-corrected chi connectivity index (χ2v) is 5.99. The summed E-state index contributed by atoms with van der Waals surface area (Å²) in [7, 11) is 1.57. The Morgan fingerprint density at radius 2 is 1.68 bits per heavy atom. The molecule has 0 saturated carbocycles. The second kappa shape index (κ2) is 7.39. The fourth-order valence-corrected chi connectivity index (χ4v) is 2.33. The van der Waals surface area contributed by atoms with Gasteiger partial charge in [0, 0.05) is 19.6 Å². The van der Waals surface area contributed by atoms with E-state index in [1.54, 1.807) is 13.2 Å². The smallest absolute Gasteiger partial charge is 0.160 e. The number of phenolic OH excluding ortho intramolecular Hbond substituents is 1. The number of ether oxygens (including phenoxy) is 1. The molecule has 1 N–H and O–H groups in total. The van der Waals surface area contributed by atoms with Crippen LogP contribution < -0.4 is 4.74 Å². The summed E-state index contributed by atoms with van der Waals surface area (Å²) in [6.45, 7) is 12.0. The van der Waals surface area contributed by atoms with E-state index in [9.17, 15) is 5.11 Å². The van der Waals surface area contributed by atoms with E-state index in [0.717, 1.165) is 25.2 Å². The van der Waals surface area contributed by atoms with E-state index in [1.807, 2.05) is 12.1 Å². The summed E-state index contributed by atoms with van der Waals surface area (Å²) in [5.41, 5.74) is 1.12. The fourth-order valence-electron chi connectivity index (χ4n) is 2.33. The van der Waals surface area contributed by atoms with Crippen LogP contribution >= 0.6 is 0 Å². The minimum absolute atomic E-state index is 0.217. The van der Waals surface area contributed by atoms with Crippen molar-refractivity contribution in [1.29, 1.82) is 0 Å². The van der Waals surface area contributed by atoms with Crippen LogP contribution in [0.4, 0.5) is 0 Å². The topological polar surface area (TPSA) is 32.7 Å². The van der Waals surface area contributed by atoms with Gasteiger partial charge in [-0.2, -0.15) is 0 Å². The number of hydrogen-bond acceptors (Lipinski definition) is 3. The number of hydrogen-bond donors (Lipinski definition) is 1. The first-order valence-corrected chi connectivity index (χ1v) is 7.00. The monoisotopic (exact) mass is 265 g/mol. The Kier molecular flexibility index (Phi) is 6.16. The van der Waals surface area contributed by atoms with Crippen molar-refractivity contribution in [1.82, 2.24) is 4.90 Å². The molecule has 0 aliphatic heterocycles. The average Bonchev–Trinajstić information content (AvgIpc) is 2.27. The first kappa shape index (κ1) is 15.8. The lowest BCUT2D eigenvalue weighted by atomic mass is 10.1. The van der Waals surface area contributed by atoms with Crippen molar-refractivity contribution < 1.29 is 9.84 Å². The highest BCUT2D eigenvalue weighted by atomic mass is 16.5. The Morgan fingerprint density at radius 3 is 2.11 bits per heavy atom. The van der Waals surface area contributed by atoms with Gasteiger partial charge in [-0.3, -0.25) is 4.90 Å². The van der Waals surface area contributed by atoms with Gasteiger partial charge in [0.2, 0.25) is 0 Å². The van der Waals surface area contributed by atoms with Gasteiger partial charge < -0.3 is 9.84 Å². The third-order valence-corrected chi connectivity index (χ3v) is 2.90. The lowest BCUT2D eigenvalue weighted by Crippen LogP contribution is -2.30. The molecule has 0 fully saturated rings. The highest BCUT2D eigenvalue weighted by Gasteiger charge is 2.11. The summed E-state index contributed by atoms with van der Waals surface area (Å²) in [5, 5.41) is 9.82. The van der Waals surface area contributed by atoms with E-state index < -0.39 is 0 Å². The molecule has 0 aliphatic carbocycles. The molecule has 1 aromatic rings. The molecular weight excluding hydrogens is 238 g/mol. The molecule has 0 saturated heterocycles. The lowest BCUT2D eigenvalue weighted by molar-refractivity contribution is 0.211. The summed E-state index contributed by atoms with van der Waals surface area (Å²) in [4.78, 5) is 2.44. The van der Waals surface area contributed by atoms with Crippen molar-refractivity contribution in [2.45, 2.75) is 34.2 Å². The molecule has 1 rings (SSSR count). The van der Waals surface area contributed by atoms with Gasteiger partial charge >= 0.3 is 0 Å². The molecule has 1 aromatic carbocycles. The zero-order valence-electron chi connectivity index (χ0n) is 12.8. The molecule has 0 spiro atoms. The minimum atomic E-state index is 0.217. The van der Waals surface area contributed by atoms with Crippen molar-refractivity contribution >= 4 is 0 Å². The molecule has 0 aliphatic rings. The number of rotatable bonds is 7. The van der Waals surface area contributed by atoms with Crippen molar-refractivity contribution in [3.63, 3.8) is 0 Å². The summed E-state index contributed by atoms with van der Waals surface area (Å²) < 4.78 is 5.07. The van der Waals surface area contributed by atoms with Gasteiger partial charge in [-0.05, 0) is 29.5 Å². The van der Waals surface area contributed by atoms with Crippen molar-refractivity contribution in [3.05, 3.63) is 23.8 Å².